The molecule has 0 fully saturated rings. The van der Waals surface area contributed by atoms with Crippen molar-refractivity contribution < 1.29 is 5.11 Å². The number of aryl methyl sites for hydroxylation is 1. The van der Waals surface area contributed by atoms with Gasteiger partial charge in [0.2, 0.25) is 0 Å². The molecule has 13 heavy (non-hydrogen) atoms. The third kappa shape index (κ3) is 3.32. The molecule has 3 nitrogen and oxygen atoms in total. The summed E-state index contributed by atoms with van der Waals surface area (Å²) in [7, 11) is 1.94. The molecule has 0 aromatic carbocycles. The van der Waals surface area contributed by atoms with Crippen LogP contribution >= 0.6 is 11.3 Å². The molecule has 0 unspecified atom stereocenters. The SMILES string of the molecule is Cc1csc(N(C)CC(C)(C)O)n1. The molecule has 1 aromatic rings. The van der Waals surface area contributed by atoms with Gasteiger partial charge >= 0.3 is 0 Å². The molecule has 0 aliphatic heterocycles. The predicted octanol–water partition coefficient (Wildman–Crippen LogP) is 1.66. The van der Waals surface area contributed by atoms with Gasteiger partial charge in [-0.1, -0.05) is 0 Å². The van der Waals surface area contributed by atoms with E-state index in [0.717, 1.165) is 10.8 Å². The molecule has 0 atom stereocenters. The minimum Gasteiger partial charge on any atom is -0.389 e. The molecule has 0 amide bonds. The van der Waals surface area contributed by atoms with E-state index in [4.69, 9.17) is 0 Å². The fourth-order valence-corrected chi connectivity index (χ4v) is 1.93. The third-order valence-electron chi connectivity index (χ3n) is 1.56. The zero-order chi connectivity index (χ0) is 10.1. The van der Waals surface area contributed by atoms with Crippen LogP contribution in [0.1, 0.15) is 19.5 Å². The summed E-state index contributed by atoms with van der Waals surface area (Å²) in [6, 6.07) is 0. The van der Waals surface area contributed by atoms with E-state index in [-0.39, 0.29) is 0 Å². The Balaban J connectivity index is 2.64. The Labute approximate surface area is 83.0 Å². The van der Waals surface area contributed by atoms with Gasteiger partial charge in [-0.25, -0.2) is 4.98 Å². The molecule has 74 valence electrons. The highest BCUT2D eigenvalue weighted by atomic mass is 32.1. The highest BCUT2D eigenvalue weighted by molar-refractivity contribution is 7.13. The van der Waals surface area contributed by atoms with Crippen molar-refractivity contribution in [2.45, 2.75) is 26.4 Å². The number of hydrogen-bond acceptors (Lipinski definition) is 4. The number of thiazole rings is 1. The monoisotopic (exact) mass is 200 g/mol. The highest BCUT2D eigenvalue weighted by Gasteiger charge is 2.17. The average Bonchev–Trinajstić information content (AvgIpc) is 2.31. The van der Waals surface area contributed by atoms with Crippen molar-refractivity contribution in [1.82, 2.24) is 4.98 Å². The fraction of sp³-hybridized carbons (Fsp3) is 0.667. The van der Waals surface area contributed by atoms with Crippen molar-refractivity contribution in [3.63, 3.8) is 0 Å². The zero-order valence-corrected chi connectivity index (χ0v) is 9.35. The quantitative estimate of drug-likeness (QED) is 0.806. The first-order chi connectivity index (χ1) is 5.88. The van der Waals surface area contributed by atoms with Gasteiger partial charge in [0.25, 0.3) is 0 Å². The Kier molecular flexibility index (Phi) is 2.93. The van der Waals surface area contributed by atoms with E-state index >= 15 is 0 Å². The highest BCUT2D eigenvalue weighted by Crippen LogP contribution is 2.20. The first-order valence-electron chi connectivity index (χ1n) is 4.24. The molecule has 1 N–H and O–H groups in total. The van der Waals surface area contributed by atoms with Crippen LogP contribution in [-0.2, 0) is 0 Å². The van der Waals surface area contributed by atoms with Crippen LogP contribution in [0.15, 0.2) is 5.38 Å². The Morgan fingerprint density at radius 1 is 1.62 bits per heavy atom. The van der Waals surface area contributed by atoms with E-state index in [1.807, 2.05) is 24.3 Å². The molecule has 1 aromatic heterocycles. The van der Waals surface area contributed by atoms with E-state index in [9.17, 15) is 5.11 Å². The lowest BCUT2D eigenvalue weighted by Crippen LogP contribution is -2.36. The van der Waals surface area contributed by atoms with E-state index < -0.39 is 5.60 Å². The van der Waals surface area contributed by atoms with Crippen molar-refractivity contribution in [2.24, 2.45) is 0 Å². The maximum Gasteiger partial charge on any atom is 0.185 e. The maximum absolute atomic E-state index is 9.59. The second-order valence-corrected chi connectivity index (χ2v) is 4.78. The molecule has 0 saturated heterocycles. The molecule has 1 heterocycles. The molecule has 0 radical (unpaired) electrons. The Hall–Kier alpha value is -0.610. The largest absolute Gasteiger partial charge is 0.389 e. The minimum absolute atomic E-state index is 0.597. The number of nitrogens with zero attached hydrogens (tertiary/aromatic N) is 2. The molecular weight excluding hydrogens is 184 g/mol. The van der Waals surface area contributed by atoms with E-state index in [0.29, 0.717) is 6.54 Å². The summed E-state index contributed by atoms with van der Waals surface area (Å²) in [4.78, 5) is 6.30. The summed E-state index contributed by atoms with van der Waals surface area (Å²) in [5, 5.41) is 12.6. The summed E-state index contributed by atoms with van der Waals surface area (Å²) in [6.07, 6.45) is 0. The normalized spacial score (nSPS) is 11.8. The smallest absolute Gasteiger partial charge is 0.185 e. The minimum atomic E-state index is -0.672. The summed E-state index contributed by atoms with van der Waals surface area (Å²) in [6.45, 7) is 6.16. The average molecular weight is 200 g/mol. The molecule has 0 spiro atoms. The van der Waals surface area contributed by atoms with Crippen LogP contribution in [0.3, 0.4) is 0 Å². The van der Waals surface area contributed by atoms with Gasteiger partial charge in [0.15, 0.2) is 5.13 Å². The summed E-state index contributed by atoms with van der Waals surface area (Å²) >= 11 is 1.60. The van der Waals surface area contributed by atoms with Gasteiger partial charge in [0.1, 0.15) is 0 Å². The van der Waals surface area contributed by atoms with Gasteiger partial charge in [0.05, 0.1) is 11.3 Å². The lowest BCUT2D eigenvalue weighted by atomic mass is 10.1. The maximum atomic E-state index is 9.59. The zero-order valence-electron chi connectivity index (χ0n) is 8.53. The summed E-state index contributed by atoms with van der Waals surface area (Å²) < 4.78 is 0. The lowest BCUT2D eigenvalue weighted by molar-refractivity contribution is 0.0886. The van der Waals surface area contributed by atoms with Gasteiger partial charge in [-0.15, -0.1) is 11.3 Å². The van der Waals surface area contributed by atoms with Gasteiger partial charge in [-0.05, 0) is 20.8 Å². The first kappa shape index (κ1) is 10.5. The first-order valence-corrected chi connectivity index (χ1v) is 5.12. The van der Waals surface area contributed by atoms with Crippen molar-refractivity contribution in [2.75, 3.05) is 18.5 Å². The second-order valence-electron chi connectivity index (χ2n) is 3.94. The number of hydrogen-bond donors (Lipinski definition) is 1. The van der Waals surface area contributed by atoms with Crippen molar-refractivity contribution in [1.29, 1.82) is 0 Å². The van der Waals surface area contributed by atoms with Gasteiger partial charge in [-0.3, -0.25) is 0 Å². The molecule has 0 aliphatic carbocycles. The Bertz CT molecular complexity index is 277. The van der Waals surface area contributed by atoms with Crippen molar-refractivity contribution in [3.8, 4) is 0 Å². The number of aliphatic hydroxyl groups is 1. The van der Waals surface area contributed by atoms with Crippen LogP contribution in [0, 0.1) is 6.92 Å². The molecule has 1 rings (SSSR count). The number of rotatable bonds is 3. The molecule has 4 heteroatoms. The van der Waals surface area contributed by atoms with Gasteiger partial charge in [0, 0.05) is 19.0 Å². The van der Waals surface area contributed by atoms with Crippen LogP contribution < -0.4 is 4.90 Å². The van der Waals surface area contributed by atoms with Crippen molar-refractivity contribution in [3.05, 3.63) is 11.1 Å². The van der Waals surface area contributed by atoms with Crippen LogP contribution in [0.2, 0.25) is 0 Å². The number of anilines is 1. The standard InChI is InChI=1S/C9H16N2OS/c1-7-5-13-8(10-7)11(4)6-9(2,3)12/h5,12H,6H2,1-4H3. The van der Waals surface area contributed by atoms with Gasteiger partial charge < -0.3 is 10.0 Å². The molecule has 0 aliphatic rings. The van der Waals surface area contributed by atoms with Crippen LogP contribution in [0.25, 0.3) is 0 Å². The van der Waals surface area contributed by atoms with Crippen LogP contribution in [0.4, 0.5) is 5.13 Å². The van der Waals surface area contributed by atoms with Gasteiger partial charge in [-0.2, -0.15) is 0 Å². The van der Waals surface area contributed by atoms with E-state index in [1.165, 1.54) is 0 Å². The Morgan fingerprint density at radius 2 is 2.23 bits per heavy atom. The second kappa shape index (κ2) is 3.64. The van der Waals surface area contributed by atoms with E-state index in [2.05, 4.69) is 4.98 Å². The number of aromatic nitrogens is 1. The molecule has 0 bridgehead atoms. The van der Waals surface area contributed by atoms with Crippen LogP contribution in [-0.4, -0.2) is 29.3 Å². The number of likely N-dealkylation sites (N-methyl/N-ethyl adjacent to an activating group) is 1. The fourth-order valence-electron chi connectivity index (χ4n) is 1.16. The molecular formula is C9H16N2OS. The lowest BCUT2D eigenvalue weighted by Gasteiger charge is -2.24. The predicted molar refractivity (Wildman–Crippen MR) is 56.4 cm³/mol. The van der Waals surface area contributed by atoms with Crippen LogP contribution in [0.5, 0.6) is 0 Å². The summed E-state index contributed by atoms with van der Waals surface area (Å²) in [5.41, 5.74) is 0.358. The van der Waals surface area contributed by atoms with Crippen molar-refractivity contribution >= 4 is 16.5 Å². The third-order valence-corrected chi connectivity index (χ3v) is 2.63. The molecule has 0 saturated carbocycles. The Morgan fingerprint density at radius 3 is 2.62 bits per heavy atom. The topological polar surface area (TPSA) is 36.4 Å². The summed E-state index contributed by atoms with van der Waals surface area (Å²) in [5.74, 6) is 0. The van der Waals surface area contributed by atoms with E-state index in [1.54, 1.807) is 25.2 Å².